The van der Waals surface area contributed by atoms with Gasteiger partial charge in [0.2, 0.25) is 0 Å². The average molecular weight is 217 g/mol. The second-order valence-electron chi connectivity index (χ2n) is 5.85. The van der Waals surface area contributed by atoms with Crippen molar-refractivity contribution in [2.45, 2.75) is 39.5 Å². The van der Waals surface area contributed by atoms with Crippen LogP contribution in [-0.2, 0) is 0 Å². The van der Waals surface area contributed by atoms with Crippen LogP contribution in [0.3, 0.4) is 0 Å². The highest BCUT2D eigenvalue weighted by molar-refractivity contribution is 5.42. The maximum atomic E-state index is 3.54. The van der Waals surface area contributed by atoms with Crippen LogP contribution < -0.4 is 5.32 Å². The van der Waals surface area contributed by atoms with E-state index in [0.717, 1.165) is 12.5 Å². The molecule has 0 spiro atoms. The molecule has 0 amide bonds. The number of rotatable bonds is 3. The third kappa shape index (κ3) is 3.26. The smallest absolute Gasteiger partial charge is 0.0340 e. The SMILES string of the molecule is CC1(C)CCC(CNc2ccccc2)CC1. The van der Waals surface area contributed by atoms with Gasteiger partial charge in [-0.2, -0.15) is 0 Å². The number of hydrogen-bond acceptors (Lipinski definition) is 1. The second-order valence-corrected chi connectivity index (χ2v) is 5.85. The lowest BCUT2D eigenvalue weighted by atomic mass is 9.73. The van der Waals surface area contributed by atoms with E-state index in [1.807, 2.05) is 0 Å². The van der Waals surface area contributed by atoms with E-state index in [2.05, 4.69) is 49.5 Å². The van der Waals surface area contributed by atoms with Crippen molar-refractivity contribution in [3.8, 4) is 0 Å². The summed E-state index contributed by atoms with van der Waals surface area (Å²) in [6, 6.07) is 10.5. The molecule has 0 radical (unpaired) electrons. The topological polar surface area (TPSA) is 12.0 Å². The van der Waals surface area contributed by atoms with Crippen molar-refractivity contribution < 1.29 is 0 Å². The van der Waals surface area contributed by atoms with Gasteiger partial charge in [-0.05, 0) is 49.1 Å². The first-order valence-corrected chi connectivity index (χ1v) is 6.45. The van der Waals surface area contributed by atoms with Crippen molar-refractivity contribution in [3.63, 3.8) is 0 Å². The van der Waals surface area contributed by atoms with E-state index in [0.29, 0.717) is 5.41 Å². The Kier molecular flexibility index (Phi) is 3.52. The fourth-order valence-electron chi connectivity index (χ4n) is 2.48. The fraction of sp³-hybridized carbons (Fsp3) is 0.600. The van der Waals surface area contributed by atoms with E-state index in [9.17, 15) is 0 Å². The van der Waals surface area contributed by atoms with Gasteiger partial charge in [0.1, 0.15) is 0 Å². The van der Waals surface area contributed by atoms with E-state index in [-0.39, 0.29) is 0 Å². The predicted molar refractivity (Wildman–Crippen MR) is 70.7 cm³/mol. The summed E-state index contributed by atoms with van der Waals surface area (Å²) >= 11 is 0. The summed E-state index contributed by atoms with van der Waals surface area (Å²) < 4.78 is 0. The summed E-state index contributed by atoms with van der Waals surface area (Å²) in [6.07, 6.45) is 5.53. The molecule has 0 unspecified atom stereocenters. The lowest BCUT2D eigenvalue weighted by Gasteiger charge is -2.34. The van der Waals surface area contributed by atoms with Gasteiger partial charge in [-0.1, -0.05) is 32.0 Å². The normalized spacial score (nSPS) is 20.6. The zero-order valence-corrected chi connectivity index (χ0v) is 10.5. The third-order valence-corrected chi connectivity index (χ3v) is 3.83. The van der Waals surface area contributed by atoms with Crippen LogP contribution in [0.4, 0.5) is 5.69 Å². The molecular weight excluding hydrogens is 194 g/mol. The van der Waals surface area contributed by atoms with E-state index >= 15 is 0 Å². The fourth-order valence-corrected chi connectivity index (χ4v) is 2.48. The van der Waals surface area contributed by atoms with Crippen LogP contribution in [0, 0.1) is 11.3 Å². The Morgan fingerprint density at radius 1 is 1.12 bits per heavy atom. The Bertz CT molecular complexity index is 305. The van der Waals surface area contributed by atoms with Crippen LogP contribution in [0.1, 0.15) is 39.5 Å². The molecule has 1 heteroatoms. The molecule has 1 N–H and O–H groups in total. The Balaban J connectivity index is 1.76. The van der Waals surface area contributed by atoms with Gasteiger partial charge in [0, 0.05) is 12.2 Å². The van der Waals surface area contributed by atoms with Crippen molar-refractivity contribution >= 4 is 5.69 Å². The Labute approximate surface area is 99.3 Å². The predicted octanol–water partition coefficient (Wildman–Crippen LogP) is 4.31. The van der Waals surface area contributed by atoms with E-state index in [4.69, 9.17) is 0 Å². The van der Waals surface area contributed by atoms with Gasteiger partial charge in [0.25, 0.3) is 0 Å². The molecular formula is C15H23N. The van der Waals surface area contributed by atoms with E-state index in [1.54, 1.807) is 0 Å². The van der Waals surface area contributed by atoms with Crippen molar-refractivity contribution in [1.29, 1.82) is 0 Å². The number of para-hydroxylation sites is 1. The van der Waals surface area contributed by atoms with Gasteiger partial charge < -0.3 is 5.32 Å². The van der Waals surface area contributed by atoms with Gasteiger partial charge in [0.05, 0.1) is 0 Å². The molecule has 1 saturated carbocycles. The number of hydrogen-bond donors (Lipinski definition) is 1. The van der Waals surface area contributed by atoms with Gasteiger partial charge >= 0.3 is 0 Å². The molecule has 1 aliphatic rings. The van der Waals surface area contributed by atoms with Gasteiger partial charge in [0.15, 0.2) is 0 Å². The molecule has 0 bridgehead atoms. The van der Waals surface area contributed by atoms with Crippen LogP contribution in [0.25, 0.3) is 0 Å². The minimum atomic E-state index is 0.587. The van der Waals surface area contributed by atoms with Crippen molar-refractivity contribution in [2.75, 3.05) is 11.9 Å². The van der Waals surface area contributed by atoms with Crippen LogP contribution >= 0.6 is 0 Å². The summed E-state index contributed by atoms with van der Waals surface area (Å²) in [5.41, 5.74) is 1.84. The van der Waals surface area contributed by atoms with E-state index in [1.165, 1.54) is 31.4 Å². The van der Waals surface area contributed by atoms with Crippen molar-refractivity contribution in [3.05, 3.63) is 30.3 Å². The van der Waals surface area contributed by atoms with Gasteiger partial charge in [-0.15, -0.1) is 0 Å². The lowest BCUT2D eigenvalue weighted by molar-refractivity contribution is 0.197. The number of nitrogens with one attached hydrogen (secondary N) is 1. The summed E-state index contributed by atoms with van der Waals surface area (Å²) in [4.78, 5) is 0. The highest BCUT2D eigenvalue weighted by Gasteiger charge is 2.26. The Morgan fingerprint density at radius 2 is 1.75 bits per heavy atom. The highest BCUT2D eigenvalue weighted by atomic mass is 14.9. The minimum absolute atomic E-state index is 0.587. The standard InChI is InChI=1S/C15H23N/c1-15(2)10-8-13(9-11-15)12-16-14-6-4-3-5-7-14/h3-7,13,16H,8-12H2,1-2H3. The first-order valence-electron chi connectivity index (χ1n) is 6.45. The van der Waals surface area contributed by atoms with Crippen LogP contribution in [0.5, 0.6) is 0 Å². The Hall–Kier alpha value is -0.980. The molecule has 1 fully saturated rings. The van der Waals surface area contributed by atoms with Crippen LogP contribution in [0.15, 0.2) is 30.3 Å². The summed E-state index contributed by atoms with van der Waals surface area (Å²) in [6.45, 7) is 5.93. The lowest BCUT2D eigenvalue weighted by Crippen LogP contribution is -2.25. The minimum Gasteiger partial charge on any atom is -0.385 e. The molecule has 0 aromatic heterocycles. The average Bonchev–Trinajstić information content (AvgIpc) is 2.29. The maximum absolute atomic E-state index is 3.54. The molecule has 0 saturated heterocycles. The zero-order chi connectivity index (χ0) is 11.4. The molecule has 16 heavy (non-hydrogen) atoms. The molecule has 1 aromatic rings. The summed E-state index contributed by atoms with van der Waals surface area (Å²) in [7, 11) is 0. The third-order valence-electron chi connectivity index (χ3n) is 3.83. The number of benzene rings is 1. The molecule has 88 valence electrons. The van der Waals surface area contributed by atoms with Gasteiger partial charge in [-0.25, -0.2) is 0 Å². The zero-order valence-electron chi connectivity index (χ0n) is 10.5. The summed E-state index contributed by atoms with van der Waals surface area (Å²) in [5, 5.41) is 3.54. The molecule has 2 rings (SSSR count). The second kappa shape index (κ2) is 4.90. The molecule has 1 nitrogen and oxygen atoms in total. The largest absolute Gasteiger partial charge is 0.385 e. The molecule has 0 aliphatic heterocycles. The molecule has 0 atom stereocenters. The molecule has 1 aliphatic carbocycles. The summed E-state index contributed by atoms with van der Waals surface area (Å²) in [5.74, 6) is 0.869. The monoisotopic (exact) mass is 217 g/mol. The molecule has 1 aromatic carbocycles. The maximum Gasteiger partial charge on any atom is 0.0340 e. The van der Waals surface area contributed by atoms with Crippen molar-refractivity contribution in [2.24, 2.45) is 11.3 Å². The first kappa shape index (κ1) is 11.5. The molecule has 0 heterocycles. The van der Waals surface area contributed by atoms with Gasteiger partial charge in [-0.3, -0.25) is 0 Å². The van der Waals surface area contributed by atoms with Crippen LogP contribution in [0.2, 0.25) is 0 Å². The number of anilines is 1. The Morgan fingerprint density at radius 3 is 2.38 bits per heavy atom. The van der Waals surface area contributed by atoms with E-state index < -0.39 is 0 Å². The first-order chi connectivity index (χ1) is 7.66. The highest BCUT2D eigenvalue weighted by Crippen LogP contribution is 2.37. The van der Waals surface area contributed by atoms with Crippen LogP contribution in [-0.4, -0.2) is 6.54 Å². The quantitative estimate of drug-likeness (QED) is 0.795. The van der Waals surface area contributed by atoms with Crippen molar-refractivity contribution in [1.82, 2.24) is 0 Å².